The average molecular weight is 327 g/mol. The molecule has 7 nitrogen and oxygen atoms in total. The lowest BCUT2D eigenvalue weighted by Gasteiger charge is -2.16. The molecule has 0 aliphatic heterocycles. The predicted octanol–water partition coefficient (Wildman–Crippen LogP) is 2.68. The van der Waals surface area contributed by atoms with Crippen LogP contribution in [0.25, 0.3) is 0 Å². The number of aryl methyl sites for hydroxylation is 1. The predicted molar refractivity (Wildman–Crippen MR) is 78.5 cm³/mol. The number of pyridine rings is 1. The number of hydrogen-bond donors (Lipinski definition) is 0. The third-order valence-corrected chi connectivity index (χ3v) is 3.87. The molecule has 21 heavy (non-hydrogen) atoms. The van der Waals surface area contributed by atoms with Crippen molar-refractivity contribution in [1.82, 2.24) is 14.9 Å². The molecule has 1 amide bonds. The van der Waals surface area contributed by atoms with Crippen molar-refractivity contribution in [2.24, 2.45) is 0 Å². The summed E-state index contributed by atoms with van der Waals surface area (Å²) >= 11 is 7.34. The van der Waals surface area contributed by atoms with Crippen LogP contribution in [0.15, 0.2) is 18.5 Å². The van der Waals surface area contributed by atoms with Crippen LogP contribution in [0.1, 0.15) is 20.2 Å². The van der Waals surface area contributed by atoms with E-state index in [-0.39, 0.29) is 16.4 Å². The average Bonchev–Trinajstić information content (AvgIpc) is 2.83. The summed E-state index contributed by atoms with van der Waals surface area (Å²) in [4.78, 5) is 32.6. The van der Waals surface area contributed by atoms with E-state index < -0.39 is 10.8 Å². The van der Waals surface area contributed by atoms with Crippen LogP contribution in [0.5, 0.6) is 0 Å². The molecule has 0 radical (unpaired) electrons. The van der Waals surface area contributed by atoms with Gasteiger partial charge in [-0.05, 0) is 6.92 Å². The maximum absolute atomic E-state index is 12.3. The first-order valence-corrected chi connectivity index (χ1v) is 7.04. The van der Waals surface area contributed by atoms with Crippen molar-refractivity contribution in [3.63, 3.8) is 0 Å². The van der Waals surface area contributed by atoms with Crippen molar-refractivity contribution < 1.29 is 9.72 Å². The topological polar surface area (TPSA) is 89.2 Å². The summed E-state index contributed by atoms with van der Waals surface area (Å²) < 4.78 is 0. The zero-order chi connectivity index (χ0) is 15.6. The van der Waals surface area contributed by atoms with Crippen molar-refractivity contribution >= 4 is 34.5 Å². The van der Waals surface area contributed by atoms with Crippen LogP contribution in [0.3, 0.4) is 0 Å². The van der Waals surface area contributed by atoms with Gasteiger partial charge in [-0.2, -0.15) is 0 Å². The Morgan fingerprint density at radius 3 is 2.76 bits per heavy atom. The van der Waals surface area contributed by atoms with Crippen LogP contribution in [0.4, 0.5) is 5.69 Å². The molecular weight excluding hydrogens is 316 g/mol. The molecule has 2 aromatic heterocycles. The maximum atomic E-state index is 12.3. The van der Waals surface area contributed by atoms with Crippen molar-refractivity contribution in [3.05, 3.63) is 49.2 Å². The first-order chi connectivity index (χ1) is 9.88. The molecule has 0 atom stereocenters. The Bertz CT molecular complexity index is 704. The minimum atomic E-state index is -0.618. The van der Waals surface area contributed by atoms with Crippen molar-refractivity contribution in [2.75, 3.05) is 7.05 Å². The Morgan fingerprint density at radius 1 is 1.48 bits per heavy atom. The summed E-state index contributed by atoms with van der Waals surface area (Å²) in [5, 5.41) is 11.6. The summed E-state index contributed by atoms with van der Waals surface area (Å²) in [6.45, 7) is 2.22. The van der Waals surface area contributed by atoms with Gasteiger partial charge in [-0.15, -0.1) is 11.3 Å². The van der Waals surface area contributed by atoms with Crippen LogP contribution in [0, 0.1) is 17.0 Å². The Hall–Kier alpha value is -2.06. The number of carbonyl (C=O) groups excluding carboxylic acids is 1. The van der Waals surface area contributed by atoms with E-state index in [0.29, 0.717) is 6.54 Å². The highest BCUT2D eigenvalue weighted by Gasteiger charge is 2.20. The van der Waals surface area contributed by atoms with Gasteiger partial charge < -0.3 is 4.90 Å². The number of hydrogen-bond acceptors (Lipinski definition) is 6. The van der Waals surface area contributed by atoms with Crippen molar-refractivity contribution in [2.45, 2.75) is 13.5 Å². The number of rotatable bonds is 4. The maximum Gasteiger partial charge on any atom is 0.288 e. The highest BCUT2D eigenvalue weighted by Crippen LogP contribution is 2.22. The zero-order valence-electron chi connectivity index (χ0n) is 11.2. The van der Waals surface area contributed by atoms with Gasteiger partial charge in [-0.1, -0.05) is 11.6 Å². The fourth-order valence-corrected chi connectivity index (χ4v) is 2.71. The third kappa shape index (κ3) is 3.53. The second-order valence-corrected chi connectivity index (χ2v) is 5.97. The van der Waals surface area contributed by atoms with E-state index in [2.05, 4.69) is 9.97 Å². The third-order valence-electron chi connectivity index (χ3n) is 2.67. The van der Waals surface area contributed by atoms with Crippen LogP contribution in [-0.2, 0) is 6.54 Å². The normalized spacial score (nSPS) is 10.4. The van der Waals surface area contributed by atoms with E-state index in [1.807, 2.05) is 6.92 Å². The van der Waals surface area contributed by atoms with Crippen molar-refractivity contribution in [1.29, 1.82) is 0 Å². The van der Waals surface area contributed by atoms with Crippen LogP contribution >= 0.6 is 22.9 Å². The van der Waals surface area contributed by atoms with Gasteiger partial charge >= 0.3 is 0 Å². The van der Waals surface area contributed by atoms with E-state index in [0.717, 1.165) is 22.1 Å². The summed E-state index contributed by atoms with van der Waals surface area (Å²) in [7, 11) is 1.59. The Kier molecular flexibility index (Phi) is 4.49. The minimum Gasteiger partial charge on any atom is -0.336 e. The number of aromatic nitrogens is 2. The first kappa shape index (κ1) is 15.3. The number of nitro groups is 1. The van der Waals surface area contributed by atoms with Gasteiger partial charge in [0.2, 0.25) is 0 Å². The fraction of sp³-hybridized carbons (Fsp3) is 0.250. The lowest BCUT2D eigenvalue weighted by Crippen LogP contribution is -2.26. The molecule has 0 aromatic carbocycles. The largest absolute Gasteiger partial charge is 0.336 e. The molecule has 0 saturated heterocycles. The summed E-state index contributed by atoms with van der Waals surface area (Å²) in [5.74, 6) is -0.428. The smallest absolute Gasteiger partial charge is 0.288 e. The Labute approximate surface area is 129 Å². The zero-order valence-corrected chi connectivity index (χ0v) is 12.8. The van der Waals surface area contributed by atoms with E-state index >= 15 is 0 Å². The van der Waals surface area contributed by atoms with Gasteiger partial charge in [0.1, 0.15) is 11.3 Å². The second kappa shape index (κ2) is 6.15. The van der Waals surface area contributed by atoms with E-state index in [1.54, 1.807) is 13.2 Å². The van der Waals surface area contributed by atoms with E-state index in [1.165, 1.54) is 16.2 Å². The van der Waals surface area contributed by atoms with Gasteiger partial charge in [0.15, 0.2) is 0 Å². The van der Waals surface area contributed by atoms with Crippen molar-refractivity contribution in [3.8, 4) is 0 Å². The standard InChI is InChI=1S/C12H11ClN4O3S/c1-7-14-5-9(21-7)6-16(2)12(18)10-3-8(17(19)20)4-15-11(10)13/h3-5H,6H2,1-2H3. The molecule has 0 unspecified atom stereocenters. The number of carbonyl (C=O) groups is 1. The quantitative estimate of drug-likeness (QED) is 0.489. The highest BCUT2D eigenvalue weighted by molar-refractivity contribution is 7.11. The SMILES string of the molecule is Cc1ncc(CN(C)C(=O)c2cc([N+](=O)[O-])cnc2Cl)s1. The molecule has 0 fully saturated rings. The molecule has 2 rings (SSSR count). The molecule has 2 heterocycles. The number of nitrogens with zero attached hydrogens (tertiary/aromatic N) is 4. The van der Waals surface area contributed by atoms with Crippen LogP contribution < -0.4 is 0 Å². The van der Waals surface area contributed by atoms with Gasteiger partial charge in [0, 0.05) is 24.2 Å². The first-order valence-electron chi connectivity index (χ1n) is 5.85. The fourth-order valence-electron chi connectivity index (χ4n) is 1.68. The molecular formula is C12H11ClN4O3S. The van der Waals surface area contributed by atoms with Crippen LogP contribution in [-0.4, -0.2) is 32.7 Å². The van der Waals surface area contributed by atoms with Gasteiger partial charge in [0.05, 0.1) is 22.0 Å². The summed E-state index contributed by atoms with van der Waals surface area (Å²) in [6.07, 6.45) is 2.71. The molecule has 0 bridgehead atoms. The van der Waals surface area contributed by atoms with Gasteiger partial charge in [0.25, 0.3) is 11.6 Å². The molecule has 2 aromatic rings. The lowest BCUT2D eigenvalue weighted by atomic mass is 10.2. The van der Waals surface area contributed by atoms with Crippen LogP contribution in [0.2, 0.25) is 5.15 Å². The number of thiazole rings is 1. The van der Waals surface area contributed by atoms with Gasteiger partial charge in [-0.25, -0.2) is 9.97 Å². The molecule has 9 heteroatoms. The monoisotopic (exact) mass is 326 g/mol. The number of halogens is 1. The molecule has 0 saturated carbocycles. The van der Waals surface area contributed by atoms with E-state index in [9.17, 15) is 14.9 Å². The molecule has 110 valence electrons. The lowest BCUT2D eigenvalue weighted by molar-refractivity contribution is -0.385. The minimum absolute atomic E-state index is 0.00889. The Balaban J connectivity index is 2.22. The highest BCUT2D eigenvalue weighted by atomic mass is 35.5. The molecule has 0 spiro atoms. The summed E-state index contributed by atoms with van der Waals surface area (Å²) in [6, 6.07) is 1.13. The molecule has 0 aliphatic rings. The van der Waals surface area contributed by atoms with Gasteiger partial charge in [-0.3, -0.25) is 14.9 Å². The molecule has 0 N–H and O–H groups in total. The van der Waals surface area contributed by atoms with E-state index in [4.69, 9.17) is 11.6 Å². The number of amides is 1. The molecule has 0 aliphatic carbocycles. The second-order valence-electron chi connectivity index (χ2n) is 4.30. The Morgan fingerprint density at radius 2 is 2.19 bits per heavy atom. The summed E-state index contributed by atoms with van der Waals surface area (Å²) in [5.41, 5.74) is -0.264.